The monoisotopic (exact) mass is 255 g/mol. The summed E-state index contributed by atoms with van der Waals surface area (Å²) in [5.41, 5.74) is 2.59. The molecule has 0 aliphatic heterocycles. The zero-order valence-corrected chi connectivity index (χ0v) is 11.6. The molecule has 0 saturated carbocycles. The minimum absolute atomic E-state index is 0.311. The maximum absolute atomic E-state index is 4.10. The van der Waals surface area contributed by atoms with Crippen LogP contribution < -0.4 is 5.32 Å². The van der Waals surface area contributed by atoms with Gasteiger partial charge in [0.15, 0.2) is 0 Å². The first-order chi connectivity index (χ1) is 9.33. The van der Waals surface area contributed by atoms with Crippen molar-refractivity contribution >= 4 is 0 Å². The molecule has 0 amide bonds. The topological polar surface area (TPSA) is 37.8 Å². The molecule has 3 nitrogen and oxygen atoms in total. The maximum atomic E-state index is 4.10. The van der Waals surface area contributed by atoms with E-state index in [2.05, 4.69) is 53.4 Å². The summed E-state index contributed by atoms with van der Waals surface area (Å²) >= 11 is 0. The summed E-state index contributed by atoms with van der Waals surface area (Å²) in [6.07, 6.45) is 8.56. The second kappa shape index (κ2) is 7.00. The highest BCUT2D eigenvalue weighted by Crippen LogP contribution is 2.29. The van der Waals surface area contributed by atoms with Gasteiger partial charge in [-0.1, -0.05) is 13.8 Å². The van der Waals surface area contributed by atoms with Gasteiger partial charge in [-0.05, 0) is 48.4 Å². The fourth-order valence-electron chi connectivity index (χ4n) is 2.31. The Kier molecular flexibility index (Phi) is 5.04. The van der Waals surface area contributed by atoms with Crippen LogP contribution in [0.15, 0.2) is 49.1 Å². The molecule has 19 heavy (non-hydrogen) atoms. The van der Waals surface area contributed by atoms with Crippen LogP contribution in [0.5, 0.6) is 0 Å². The van der Waals surface area contributed by atoms with Crippen molar-refractivity contribution in [3.05, 3.63) is 60.2 Å². The highest BCUT2D eigenvalue weighted by atomic mass is 14.9. The molecular weight excluding hydrogens is 234 g/mol. The first-order valence-corrected chi connectivity index (χ1v) is 6.86. The summed E-state index contributed by atoms with van der Waals surface area (Å²) in [5, 5.41) is 3.64. The lowest BCUT2D eigenvalue weighted by molar-refractivity contribution is 0.466. The van der Waals surface area contributed by atoms with Crippen LogP contribution in [0.25, 0.3) is 0 Å². The van der Waals surface area contributed by atoms with Crippen molar-refractivity contribution in [3.63, 3.8) is 0 Å². The van der Waals surface area contributed by atoms with E-state index in [0.29, 0.717) is 12.0 Å². The Bertz CT molecular complexity index is 470. The van der Waals surface area contributed by atoms with Crippen molar-refractivity contribution < 1.29 is 0 Å². The van der Waals surface area contributed by atoms with Crippen molar-refractivity contribution in [2.45, 2.75) is 32.2 Å². The van der Waals surface area contributed by atoms with E-state index in [1.807, 2.05) is 24.8 Å². The Hall–Kier alpha value is -1.74. The van der Waals surface area contributed by atoms with Crippen molar-refractivity contribution in [2.75, 3.05) is 6.54 Å². The maximum Gasteiger partial charge on any atom is 0.0388 e. The second-order valence-electron chi connectivity index (χ2n) is 4.78. The molecule has 0 saturated heterocycles. The molecule has 3 heteroatoms. The van der Waals surface area contributed by atoms with Gasteiger partial charge in [-0.15, -0.1) is 0 Å². The van der Waals surface area contributed by atoms with E-state index in [4.69, 9.17) is 0 Å². The highest BCUT2D eigenvalue weighted by Gasteiger charge is 2.19. The van der Waals surface area contributed by atoms with Gasteiger partial charge in [0.05, 0.1) is 0 Å². The van der Waals surface area contributed by atoms with E-state index in [1.165, 1.54) is 11.1 Å². The largest absolute Gasteiger partial charge is 0.309 e. The molecule has 0 aliphatic carbocycles. The SMILES string of the molecule is CCCNC(c1ccncc1)C(C)c1ccncc1. The van der Waals surface area contributed by atoms with Gasteiger partial charge in [0, 0.05) is 36.7 Å². The van der Waals surface area contributed by atoms with Crippen LogP contribution in [0.1, 0.15) is 43.4 Å². The Labute approximate surface area is 115 Å². The summed E-state index contributed by atoms with van der Waals surface area (Å²) in [6, 6.07) is 8.67. The molecular formula is C16H21N3. The predicted molar refractivity (Wildman–Crippen MR) is 77.9 cm³/mol. The van der Waals surface area contributed by atoms with Crippen molar-refractivity contribution in [1.82, 2.24) is 15.3 Å². The third-order valence-electron chi connectivity index (χ3n) is 3.41. The number of aromatic nitrogens is 2. The quantitative estimate of drug-likeness (QED) is 0.860. The van der Waals surface area contributed by atoms with Crippen LogP contribution in [-0.2, 0) is 0 Å². The molecule has 2 aromatic rings. The Balaban J connectivity index is 2.22. The molecule has 2 aromatic heterocycles. The summed E-state index contributed by atoms with van der Waals surface area (Å²) in [7, 11) is 0. The smallest absolute Gasteiger partial charge is 0.0388 e. The molecule has 2 unspecified atom stereocenters. The molecule has 1 N–H and O–H groups in total. The van der Waals surface area contributed by atoms with E-state index >= 15 is 0 Å². The summed E-state index contributed by atoms with van der Waals surface area (Å²) in [5.74, 6) is 0.400. The van der Waals surface area contributed by atoms with Crippen LogP contribution in [0, 0.1) is 0 Å². The standard InChI is InChI=1S/C16H21N3/c1-3-8-19-16(15-6-11-18-12-7-15)13(2)14-4-9-17-10-5-14/h4-7,9-13,16,19H,3,8H2,1-2H3. The molecule has 0 bridgehead atoms. The summed E-state index contributed by atoms with van der Waals surface area (Å²) < 4.78 is 0. The molecule has 0 aliphatic rings. The van der Waals surface area contributed by atoms with Gasteiger partial charge in [0.25, 0.3) is 0 Å². The average molecular weight is 255 g/mol. The van der Waals surface area contributed by atoms with Gasteiger partial charge in [-0.2, -0.15) is 0 Å². The minimum atomic E-state index is 0.311. The first kappa shape index (κ1) is 13.7. The fourth-order valence-corrected chi connectivity index (χ4v) is 2.31. The predicted octanol–water partition coefficient (Wildman–Crippen LogP) is 3.32. The molecule has 0 spiro atoms. The minimum Gasteiger partial charge on any atom is -0.309 e. The van der Waals surface area contributed by atoms with Crippen molar-refractivity contribution in [2.24, 2.45) is 0 Å². The van der Waals surface area contributed by atoms with Gasteiger partial charge < -0.3 is 5.32 Å². The summed E-state index contributed by atoms with van der Waals surface area (Å²) in [4.78, 5) is 8.19. The van der Waals surface area contributed by atoms with Crippen LogP contribution >= 0.6 is 0 Å². The van der Waals surface area contributed by atoms with E-state index < -0.39 is 0 Å². The van der Waals surface area contributed by atoms with Gasteiger partial charge in [-0.3, -0.25) is 9.97 Å². The van der Waals surface area contributed by atoms with Crippen LogP contribution in [0.3, 0.4) is 0 Å². The van der Waals surface area contributed by atoms with E-state index in [0.717, 1.165) is 13.0 Å². The van der Waals surface area contributed by atoms with E-state index in [-0.39, 0.29) is 0 Å². The Morgan fingerprint density at radius 1 is 0.947 bits per heavy atom. The van der Waals surface area contributed by atoms with Crippen LogP contribution in [-0.4, -0.2) is 16.5 Å². The van der Waals surface area contributed by atoms with E-state index in [9.17, 15) is 0 Å². The zero-order chi connectivity index (χ0) is 13.5. The van der Waals surface area contributed by atoms with Gasteiger partial charge in [-0.25, -0.2) is 0 Å². The lowest BCUT2D eigenvalue weighted by Crippen LogP contribution is -2.26. The molecule has 0 radical (unpaired) electrons. The van der Waals surface area contributed by atoms with Crippen molar-refractivity contribution in [1.29, 1.82) is 0 Å². The molecule has 100 valence electrons. The van der Waals surface area contributed by atoms with Gasteiger partial charge >= 0.3 is 0 Å². The van der Waals surface area contributed by atoms with Crippen LogP contribution in [0.2, 0.25) is 0 Å². The Morgan fingerprint density at radius 2 is 1.47 bits per heavy atom. The molecule has 2 heterocycles. The normalized spacial score (nSPS) is 14.0. The number of hydrogen-bond acceptors (Lipinski definition) is 3. The number of pyridine rings is 2. The lowest BCUT2D eigenvalue weighted by Gasteiger charge is -2.26. The van der Waals surface area contributed by atoms with Crippen LogP contribution in [0.4, 0.5) is 0 Å². The molecule has 0 aromatic carbocycles. The summed E-state index contributed by atoms with van der Waals surface area (Å²) in [6.45, 7) is 5.46. The third kappa shape index (κ3) is 3.61. The third-order valence-corrected chi connectivity index (χ3v) is 3.41. The molecule has 0 fully saturated rings. The lowest BCUT2D eigenvalue weighted by atomic mass is 9.89. The van der Waals surface area contributed by atoms with E-state index in [1.54, 1.807) is 0 Å². The Morgan fingerprint density at radius 3 is 2.00 bits per heavy atom. The number of rotatable bonds is 6. The first-order valence-electron chi connectivity index (χ1n) is 6.86. The second-order valence-corrected chi connectivity index (χ2v) is 4.78. The fraction of sp³-hybridized carbons (Fsp3) is 0.375. The average Bonchev–Trinajstić information content (AvgIpc) is 2.49. The van der Waals surface area contributed by atoms with Crippen molar-refractivity contribution in [3.8, 4) is 0 Å². The highest BCUT2D eigenvalue weighted by molar-refractivity contribution is 5.24. The molecule has 2 rings (SSSR count). The molecule has 2 atom stereocenters. The van der Waals surface area contributed by atoms with Gasteiger partial charge in [0.2, 0.25) is 0 Å². The van der Waals surface area contributed by atoms with Gasteiger partial charge in [0.1, 0.15) is 0 Å². The zero-order valence-electron chi connectivity index (χ0n) is 11.6. The number of nitrogens with one attached hydrogen (secondary N) is 1. The number of nitrogens with zero attached hydrogens (tertiary/aromatic N) is 2. The number of hydrogen-bond donors (Lipinski definition) is 1.